The number of carboxylic acid groups (broad SMARTS) is 1. The van der Waals surface area contributed by atoms with Gasteiger partial charge < -0.3 is 20.2 Å². The minimum atomic E-state index is -0.971. The van der Waals surface area contributed by atoms with Crippen molar-refractivity contribution in [2.24, 2.45) is 0 Å². The number of fused-ring (bicyclic) bond motifs is 1. The molecule has 3 amide bonds. The van der Waals surface area contributed by atoms with E-state index in [1.54, 1.807) is 11.8 Å². The molecule has 0 spiro atoms. The molecule has 1 aliphatic heterocycles. The molecule has 2 atom stereocenters. The van der Waals surface area contributed by atoms with Crippen molar-refractivity contribution in [1.29, 1.82) is 0 Å². The molecule has 1 heterocycles. The number of hydrogen-bond donors (Lipinski definition) is 2. The highest BCUT2D eigenvalue weighted by atomic mass is 16.4. The number of nitrogens with one attached hydrogen (secondary N) is 1. The summed E-state index contributed by atoms with van der Waals surface area (Å²) in [5.74, 6) is -1.14. The maximum absolute atomic E-state index is 12.7. The van der Waals surface area contributed by atoms with Crippen molar-refractivity contribution >= 4 is 23.6 Å². The van der Waals surface area contributed by atoms with E-state index in [1.807, 2.05) is 31.2 Å². The smallest absolute Gasteiger partial charge is 0.317 e. The number of urea groups is 1. The normalized spacial score (nSPS) is 17.1. The predicted molar refractivity (Wildman–Crippen MR) is 90.0 cm³/mol. The average molecular weight is 333 g/mol. The fourth-order valence-electron chi connectivity index (χ4n) is 2.83. The van der Waals surface area contributed by atoms with E-state index in [0.29, 0.717) is 0 Å². The molecule has 2 rings (SSSR count). The lowest BCUT2D eigenvalue weighted by Gasteiger charge is -2.27. The van der Waals surface area contributed by atoms with Gasteiger partial charge in [0.15, 0.2) is 0 Å². The molecule has 0 saturated carbocycles. The summed E-state index contributed by atoms with van der Waals surface area (Å²) >= 11 is 0. The SMILES string of the molecule is CC(NC(=O)N(C)CCC(=O)O)C(=O)N1c2ccccc2CC1C. The Kier molecular flexibility index (Phi) is 5.43. The second-order valence-corrected chi connectivity index (χ2v) is 6.13. The molecule has 0 radical (unpaired) electrons. The van der Waals surface area contributed by atoms with Crippen molar-refractivity contribution in [3.8, 4) is 0 Å². The van der Waals surface area contributed by atoms with Crippen LogP contribution in [0.2, 0.25) is 0 Å². The zero-order valence-electron chi connectivity index (χ0n) is 14.2. The van der Waals surface area contributed by atoms with E-state index >= 15 is 0 Å². The molecular formula is C17H23N3O4. The lowest BCUT2D eigenvalue weighted by atomic mass is 10.1. The van der Waals surface area contributed by atoms with Gasteiger partial charge in [0.1, 0.15) is 6.04 Å². The molecule has 1 aliphatic rings. The van der Waals surface area contributed by atoms with Gasteiger partial charge in [-0.25, -0.2) is 4.79 Å². The topological polar surface area (TPSA) is 90.0 Å². The van der Waals surface area contributed by atoms with Gasteiger partial charge in [-0.3, -0.25) is 9.59 Å². The Balaban J connectivity index is 2.00. The Morgan fingerprint density at radius 2 is 2.04 bits per heavy atom. The first-order valence-electron chi connectivity index (χ1n) is 7.95. The number of hydrogen-bond acceptors (Lipinski definition) is 3. The number of carboxylic acids is 1. The highest BCUT2D eigenvalue weighted by Crippen LogP contribution is 2.32. The van der Waals surface area contributed by atoms with Crippen LogP contribution < -0.4 is 10.2 Å². The van der Waals surface area contributed by atoms with Crippen LogP contribution in [0, 0.1) is 0 Å². The van der Waals surface area contributed by atoms with E-state index in [4.69, 9.17) is 5.11 Å². The third-order valence-electron chi connectivity index (χ3n) is 4.16. The molecule has 2 N–H and O–H groups in total. The Labute approximate surface area is 141 Å². The number of para-hydroxylation sites is 1. The summed E-state index contributed by atoms with van der Waals surface area (Å²) in [5.41, 5.74) is 2.01. The molecule has 24 heavy (non-hydrogen) atoms. The van der Waals surface area contributed by atoms with Crippen molar-refractivity contribution in [3.63, 3.8) is 0 Å². The zero-order valence-corrected chi connectivity index (χ0v) is 14.2. The molecule has 0 aliphatic carbocycles. The van der Waals surface area contributed by atoms with Crippen LogP contribution in [0.3, 0.4) is 0 Å². The van der Waals surface area contributed by atoms with Crippen LogP contribution in [0.4, 0.5) is 10.5 Å². The van der Waals surface area contributed by atoms with Crippen molar-refractivity contribution in [1.82, 2.24) is 10.2 Å². The van der Waals surface area contributed by atoms with Gasteiger partial charge in [0.05, 0.1) is 6.42 Å². The molecule has 1 aromatic rings. The summed E-state index contributed by atoms with van der Waals surface area (Å²) in [5, 5.41) is 11.3. The molecular weight excluding hydrogens is 310 g/mol. The van der Waals surface area contributed by atoms with E-state index in [9.17, 15) is 14.4 Å². The largest absolute Gasteiger partial charge is 0.481 e. The van der Waals surface area contributed by atoms with Crippen LogP contribution in [0.1, 0.15) is 25.8 Å². The van der Waals surface area contributed by atoms with Gasteiger partial charge in [-0.15, -0.1) is 0 Å². The molecule has 0 bridgehead atoms. The highest BCUT2D eigenvalue weighted by Gasteiger charge is 2.33. The van der Waals surface area contributed by atoms with Gasteiger partial charge in [0, 0.05) is 25.3 Å². The van der Waals surface area contributed by atoms with Crippen LogP contribution in [0.5, 0.6) is 0 Å². The van der Waals surface area contributed by atoms with E-state index < -0.39 is 18.0 Å². The first-order chi connectivity index (χ1) is 11.3. The standard InChI is InChI=1S/C17H23N3O4/c1-11-10-13-6-4-5-7-14(13)20(11)16(23)12(2)18-17(24)19(3)9-8-15(21)22/h4-7,11-12H,8-10H2,1-3H3,(H,18,24)(H,21,22). The Bertz CT molecular complexity index is 646. The Morgan fingerprint density at radius 1 is 1.38 bits per heavy atom. The maximum Gasteiger partial charge on any atom is 0.317 e. The minimum Gasteiger partial charge on any atom is -0.481 e. The number of carbonyl (C=O) groups is 3. The van der Waals surface area contributed by atoms with E-state index in [-0.39, 0.29) is 24.9 Å². The molecule has 2 unspecified atom stereocenters. The van der Waals surface area contributed by atoms with E-state index in [0.717, 1.165) is 17.7 Å². The van der Waals surface area contributed by atoms with Crippen molar-refractivity contribution in [2.75, 3.05) is 18.5 Å². The van der Waals surface area contributed by atoms with Crippen molar-refractivity contribution in [2.45, 2.75) is 38.8 Å². The van der Waals surface area contributed by atoms with Crippen LogP contribution in [0.25, 0.3) is 0 Å². The van der Waals surface area contributed by atoms with Gasteiger partial charge in [-0.2, -0.15) is 0 Å². The third-order valence-corrected chi connectivity index (χ3v) is 4.16. The molecule has 1 aromatic carbocycles. The second-order valence-electron chi connectivity index (χ2n) is 6.13. The van der Waals surface area contributed by atoms with Crippen LogP contribution in [0.15, 0.2) is 24.3 Å². The number of nitrogens with zero attached hydrogens (tertiary/aromatic N) is 2. The number of carbonyl (C=O) groups excluding carboxylic acids is 2. The zero-order chi connectivity index (χ0) is 17.9. The maximum atomic E-state index is 12.7. The van der Waals surface area contributed by atoms with Crippen LogP contribution >= 0.6 is 0 Å². The number of anilines is 1. The highest BCUT2D eigenvalue weighted by molar-refractivity contribution is 6.00. The van der Waals surface area contributed by atoms with Crippen molar-refractivity contribution in [3.05, 3.63) is 29.8 Å². The van der Waals surface area contributed by atoms with Crippen LogP contribution in [-0.2, 0) is 16.0 Å². The summed E-state index contributed by atoms with van der Waals surface area (Å²) < 4.78 is 0. The lowest BCUT2D eigenvalue weighted by molar-refractivity contribution is -0.137. The summed E-state index contributed by atoms with van der Waals surface area (Å²) in [4.78, 5) is 38.4. The summed E-state index contributed by atoms with van der Waals surface area (Å²) in [6, 6.07) is 6.63. The molecule has 0 aromatic heterocycles. The molecule has 7 heteroatoms. The fraction of sp³-hybridized carbons (Fsp3) is 0.471. The quantitative estimate of drug-likeness (QED) is 0.854. The monoisotopic (exact) mass is 333 g/mol. The Hall–Kier alpha value is -2.57. The minimum absolute atomic E-state index is 0.0407. The molecule has 0 saturated heterocycles. The third kappa shape index (κ3) is 3.84. The first-order valence-corrected chi connectivity index (χ1v) is 7.95. The van der Waals surface area contributed by atoms with E-state index in [2.05, 4.69) is 5.32 Å². The van der Waals surface area contributed by atoms with Crippen molar-refractivity contribution < 1.29 is 19.5 Å². The number of benzene rings is 1. The number of rotatable bonds is 5. The molecule has 7 nitrogen and oxygen atoms in total. The van der Waals surface area contributed by atoms with E-state index in [1.165, 1.54) is 11.9 Å². The Morgan fingerprint density at radius 3 is 2.71 bits per heavy atom. The number of aliphatic carboxylic acids is 1. The average Bonchev–Trinajstić information content (AvgIpc) is 2.87. The summed E-state index contributed by atoms with van der Waals surface area (Å²) in [7, 11) is 1.50. The number of amides is 3. The van der Waals surface area contributed by atoms with Gasteiger partial charge in [0.25, 0.3) is 0 Å². The van der Waals surface area contributed by atoms with Gasteiger partial charge in [-0.05, 0) is 31.9 Å². The lowest BCUT2D eigenvalue weighted by Crippen LogP contribution is -2.51. The molecule has 130 valence electrons. The first kappa shape index (κ1) is 17.8. The second kappa shape index (κ2) is 7.33. The fourth-order valence-corrected chi connectivity index (χ4v) is 2.83. The summed E-state index contributed by atoms with van der Waals surface area (Å²) in [6.07, 6.45) is 0.657. The van der Waals surface area contributed by atoms with Gasteiger partial charge in [-0.1, -0.05) is 18.2 Å². The van der Waals surface area contributed by atoms with Crippen LogP contribution in [-0.4, -0.2) is 53.6 Å². The van der Waals surface area contributed by atoms with Gasteiger partial charge >= 0.3 is 12.0 Å². The van der Waals surface area contributed by atoms with Gasteiger partial charge in [0.2, 0.25) is 5.91 Å². The summed E-state index contributed by atoms with van der Waals surface area (Å²) in [6.45, 7) is 3.70. The predicted octanol–water partition coefficient (Wildman–Crippen LogP) is 1.47. The molecule has 0 fully saturated rings.